The zero-order valence-electron chi connectivity index (χ0n) is 12.1. The van der Waals surface area contributed by atoms with E-state index in [0.29, 0.717) is 12.6 Å². The molecule has 1 fully saturated rings. The molecule has 1 aromatic rings. The van der Waals surface area contributed by atoms with Crippen molar-refractivity contribution in [3.63, 3.8) is 0 Å². The molecule has 0 aromatic heterocycles. The first-order chi connectivity index (χ1) is 9.76. The highest BCUT2D eigenvalue weighted by Gasteiger charge is 2.29. The predicted octanol–water partition coefficient (Wildman–Crippen LogP) is 1.96. The first-order valence-corrected chi connectivity index (χ1v) is 7.33. The van der Waals surface area contributed by atoms with Gasteiger partial charge in [-0.05, 0) is 44.5 Å². The van der Waals surface area contributed by atoms with Gasteiger partial charge in [-0.3, -0.25) is 9.69 Å². The average Bonchev–Trinajstić information content (AvgIpc) is 2.53. The lowest BCUT2D eigenvalue weighted by molar-refractivity contribution is -0.147. The van der Waals surface area contributed by atoms with Gasteiger partial charge >= 0.3 is 5.97 Å². The van der Waals surface area contributed by atoms with Gasteiger partial charge < -0.3 is 10.5 Å². The molecule has 1 heterocycles. The first-order valence-electron chi connectivity index (χ1n) is 7.33. The molecular formula is C16H24N2O2. The number of benzene rings is 1. The van der Waals surface area contributed by atoms with Crippen LogP contribution in [0, 0.1) is 5.92 Å². The summed E-state index contributed by atoms with van der Waals surface area (Å²) in [4.78, 5) is 14.0. The van der Waals surface area contributed by atoms with E-state index in [9.17, 15) is 4.79 Å². The lowest BCUT2D eigenvalue weighted by Crippen LogP contribution is -2.39. The maximum atomic E-state index is 11.6. The number of nitrogens with zero attached hydrogens (tertiary/aromatic N) is 1. The molecule has 0 aliphatic carbocycles. The van der Waals surface area contributed by atoms with Crippen molar-refractivity contribution in [3.8, 4) is 0 Å². The number of esters is 1. The molecule has 0 bridgehead atoms. The minimum atomic E-state index is -0.0697. The van der Waals surface area contributed by atoms with Gasteiger partial charge in [0.25, 0.3) is 0 Å². The largest absolute Gasteiger partial charge is 0.469 e. The van der Waals surface area contributed by atoms with Gasteiger partial charge in [0.1, 0.15) is 0 Å². The van der Waals surface area contributed by atoms with Crippen molar-refractivity contribution in [2.45, 2.75) is 25.3 Å². The lowest BCUT2D eigenvalue weighted by atomic mass is 9.93. The maximum Gasteiger partial charge on any atom is 0.308 e. The molecular weight excluding hydrogens is 252 g/mol. The van der Waals surface area contributed by atoms with Crippen molar-refractivity contribution in [3.05, 3.63) is 35.9 Å². The van der Waals surface area contributed by atoms with Crippen LogP contribution < -0.4 is 5.73 Å². The molecule has 0 radical (unpaired) electrons. The zero-order chi connectivity index (χ0) is 14.4. The Morgan fingerprint density at radius 3 is 2.55 bits per heavy atom. The molecule has 1 saturated heterocycles. The highest BCUT2D eigenvalue weighted by Crippen LogP contribution is 2.29. The van der Waals surface area contributed by atoms with Crippen LogP contribution in [0.15, 0.2) is 30.3 Å². The molecule has 0 amide bonds. The van der Waals surface area contributed by atoms with E-state index in [1.165, 1.54) is 12.7 Å². The van der Waals surface area contributed by atoms with Crippen LogP contribution in [-0.2, 0) is 9.53 Å². The van der Waals surface area contributed by atoms with Crippen LogP contribution in [0.2, 0.25) is 0 Å². The highest BCUT2D eigenvalue weighted by molar-refractivity contribution is 5.72. The minimum Gasteiger partial charge on any atom is -0.469 e. The second kappa shape index (κ2) is 7.41. The third kappa shape index (κ3) is 3.58. The van der Waals surface area contributed by atoms with Gasteiger partial charge in [-0.1, -0.05) is 30.3 Å². The molecule has 2 rings (SSSR count). The Balaban J connectivity index is 2.00. The monoisotopic (exact) mass is 276 g/mol. The van der Waals surface area contributed by atoms with E-state index in [1.807, 2.05) is 6.07 Å². The number of carbonyl (C=O) groups excluding carboxylic acids is 1. The van der Waals surface area contributed by atoms with Crippen molar-refractivity contribution in [1.82, 2.24) is 4.90 Å². The van der Waals surface area contributed by atoms with E-state index < -0.39 is 0 Å². The SMILES string of the molecule is COC(=O)C1CCN(C(CCN)c2ccccc2)CC1. The summed E-state index contributed by atoms with van der Waals surface area (Å²) in [6, 6.07) is 10.9. The molecule has 1 aromatic carbocycles. The van der Waals surface area contributed by atoms with Crippen molar-refractivity contribution in [1.29, 1.82) is 0 Å². The molecule has 20 heavy (non-hydrogen) atoms. The Bertz CT molecular complexity index is 414. The van der Waals surface area contributed by atoms with Gasteiger partial charge in [0, 0.05) is 6.04 Å². The molecule has 110 valence electrons. The van der Waals surface area contributed by atoms with Crippen LogP contribution >= 0.6 is 0 Å². The second-order valence-electron chi connectivity index (χ2n) is 5.34. The number of likely N-dealkylation sites (tertiary alicyclic amines) is 1. The molecule has 4 nitrogen and oxygen atoms in total. The Hall–Kier alpha value is -1.39. The lowest BCUT2D eigenvalue weighted by Gasteiger charge is -2.37. The number of ether oxygens (including phenoxy) is 1. The summed E-state index contributed by atoms with van der Waals surface area (Å²) < 4.78 is 4.84. The standard InChI is InChI=1S/C16H24N2O2/c1-20-16(19)14-8-11-18(12-9-14)15(7-10-17)13-5-3-2-4-6-13/h2-6,14-15H,7-12,17H2,1H3. The number of hydrogen-bond acceptors (Lipinski definition) is 4. The topological polar surface area (TPSA) is 55.6 Å². The van der Waals surface area contributed by atoms with Gasteiger partial charge in [-0.2, -0.15) is 0 Å². The number of hydrogen-bond donors (Lipinski definition) is 1. The van der Waals surface area contributed by atoms with Crippen LogP contribution in [-0.4, -0.2) is 37.6 Å². The Labute approximate surface area is 120 Å². The summed E-state index contributed by atoms with van der Waals surface area (Å²) in [5, 5.41) is 0. The van der Waals surface area contributed by atoms with Gasteiger partial charge in [0.05, 0.1) is 13.0 Å². The molecule has 1 aliphatic heterocycles. The van der Waals surface area contributed by atoms with Crippen LogP contribution in [0.3, 0.4) is 0 Å². The first kappa shape index (κ1) is 15.0. The van der Waals surface area contributed by atoms with Crippen LogP contribution in [0.4, 0.5) is 0 Å². The van der Waals surface area contributed by atoms with Crippen LogP contribution in [0.5, 0.6) is 0 Å². The third-order valence-electron chi connectivity index (χ3n) is 4.13. The van der Waals surface area contributed by atoms with E-state index in [4.69, 9.17) is 10.5 Å². The third-order valence-corrected chi connectivity index (χ3v) is 4.13. The van der Waals surface area contributed by atoms with Gasteiger partial charge in [0.2, 0.25) is 0 Å². The zero-order valence-corrected chi connectivity index (χ0v) is 12.1. The fraction of sp³-hybridized carbons (Fsp3) is 0.562. The summed E-state index contributed by atoms with van der Waals surface area (Å²) in [6.45, 7) is 2.54. The maximum absolute atomic E-state index is 11.6. The number of rotatable bonds is 5. The minimum absolute atomic E-state index is 0.0607. The van der Waals surface area contributed by atoms with E-state index in [0.717, 1.165) is 32.4 Å². The normalized spacial score (nSPS) is 18.7. The Kier molecular flexibility index (Phi) is 5.56. The van der Waals surface area contributed by atoms with Crippen LogP contribution in [0.1, 0.15) is 30.9 Å². The molecule has 1 aliphatic rings. The van der Waals surface area contributed by atoms with Crippen molar-refractivity contribution in [2.75, 3.05) is 26.7 Å². The average molecular weight is 276 g/mol. The number of nitrogens with two attached hydrogens (primary N) is 1. The van der Waals surface area contributed by atoms with E-state index in [1.54, 1.807) is 0 Å². The van der Waals surface area contributed by atoms with Crippen LogP contribution in [0.25, 0.3) is 0 Å². The van der Waals surface area contributed by atoms with E-state index >= 15 is 0 Å². The summed E-state index contributed by atoms with van der Waals surface area (Å²) in [6.07, 6.45) is 2.70. The molecule has 1 atom stereocenters. The fourth-order valence-corrected chi connectivity index (χ4v) is 3.01. The summed E-state index contributed by atoms with van der Waals surface area (Å²) in [7, 11) is 1.47. The van der Waals surface area contributed by atoms with E-state index in [-0.39, 0.29) is 11.9 Å². The number of piperidine rings is 1. The molecule has 0 spiro atoms. The smallest absolute Gasteiger partial charge is 0.308 e. The van der Waals surface area contributed by atoms with Gasteiger partial charge in [-0.15, -0.1) is 0 Å². The highest BCUT2D eigenvalue weighted by atomic mass is 16.5. The quantitative estimate of drug-likeness (QED) is 0.835. The van der Waals surface area contributed by atoms with Gasteiger partial charge in [0.15, 0.2) is 0 Å². The number of carbonyl (C=O) groups is 1. The Morgan fingerprint density at radius 1 is 1.35 bits per heavy atom. The predicted molar refractivity (Wildman–Crippen MR) is 79.2 cm³/mol. The van der Waals surface area contributed by atoms with Crippen molar-refractivity contribution >= 4 is 5.97 Å². The summed E-state index contributed by atoms with van der Waals surface area (Å²) >= 11 is 0. The molecule has 0 saturated carbocycles. The van der Waals surface area contributed by atoms with Gasteiger partial charge in [-0.25, -0.2) is 0 Å². The summed E-state index contributed by atoms with van der Waals surface area (Å²) in [5.74, 6) is -0.00899. The fourth-order valence-electron chi connectivity index (χ4n) is 3.01. The molecule has 2 N–H and O–H groups in total. The number of methoxy groups -OCH3 is 1. The second-order valence-corrected chi connectivity index (χ2v) is 5.34. The van der Waals surface area contributed by atoms with Crippen molar-refractivity contribution < 1.29 is 9.53 Å². The molecule has 1 unspecified atom stereocenters. The summed E-state index contributed by atoms with van der Waals surface area (Å²) in [5.41, 5.74) is 7.08. The molecule has 4 heteroatoms. The van der Waals surface area contributed by atoms with E-state index in [2.05, 4.69) is 29.2 Å². The Morgan fingerprint density at radius 2 is 2.00 bits per heavy atom. The van der Waals surface area contributed by atoms with Crippen molar-refractivity contribution in [2.24, 2.45) is 11.7 Å².